The van der Waals surface area contributed by atoms with Crippen molar-refractivity contribution in [2.24, 2.45) is 0 Å². The molecule has 0 atom stereocenters. The van der Waals surface area contributed by atoms with Gasteiger partial charge in [-0.1, -0.05) is 0 Å². The van der Waals surface area contributed by atoms with E-state index < -0.39 is 0 Å². The second kappa shape index (κ2) is 4.76. The molecule has 0 fully saturated rings. The van der Waals surface area contributed by atoms with Gasteiger partial charge in [0.25, 0.3) is 5.91 Å². The van der Waals surface area contributed by atoms with Gasteiger partial charge in [0.1, 0.15) is 5.69 Å². The van der Waals surface area contributed by atoms with Gasteiger partial charge in [-0.2, -0.15) is 11.3 Å². The SMILES string of the molecule is Nc1ccnc(C(=O)NCc2ccsc2)c1. The van der Waals surface area contributed by atoms with Gasteiger partial charge in [-0.15, -0.1) is 0 Å². The predicted molar refractivity (Wildman–Crippen MR) is 64.1 cm³/mol. The molecule has 3 N–H and O–H groups in total. The first-order valence-electron chi connectivity index (χ1n) is 4.76. The van der Waals surface area contributed by atoms with Crippen molar-refractivity contribution < 1.29 is 4.79 Å². The summed E-state index contributed by atoms with van der Waals surface area (Å²) in [7, 11) is 0. The number of carbonyl (C=O) groups excluding carboxylic acids is 1. The van der Waals surface area contributed by atoms with E-state index in [9.17, 15) is 4.79 Å². The molecule has 0 saturated carbocycles. The van der Waals surface area contributed by atoms with Crippen LogP contribution in [0.1, 0.15) is 16.1 Å². The molecule has 2 heterocycles. The summed E-state index contributed by atoms with van der Waals surface area (Å²) in [5.41, 5.74) is 7.53. The van der Waals surface area contributed by atoms with Crippen molar-refractivity contribution in [3.63, 3.8) is 0 Å². The molecule has 0 bridgehead atoms. The maximum atomic E-state index is 11.7. The van der Waals surface area contributed by atoms with E-state index in [0.717, 1.165) is 5.56 Å². The minimum absolute atomic E-state index is 0.210. The predicted octanol–water partition coefficient (Wildman–Crippen LogP) is 1.66. The van der Waals surface area contributed by atoms with Crippen LogP contribution in [0, 0.1) is 0 Å². The Morgan fingerprint density at radius 2 is 2.38 bits per heavy atom. The van der Waals surface area contributed by atoms with Crippen LogP contribution in [0.3, 0.4) is 0 Å². The molecule has 16 heavy (non-hydrogen) atoms. The lowest BCUT2D eigenvalue weighted by Crippen LogP contribution is -2.23. The number of nitrogen functional groups attached to an aromatic ring is 1. The third-order valence-corrected chi connectivity index (χ3v) is 2.78. The highest BCUT2D eigenvalue weighted by molar-refractivity contribution is 7.07. The van der Waals surface area contributed by atoms with Gasteiger partial charge in [-0.3, -0.25) is 9.78 Å². The van der Waals surface area contributed by atoms with E-state index in [1.54, 1.807) is 23.5 Å². The molecule has 0 aliphatic carbocycles. The standard InChI is InChI=1S/C11H11N3OS/c12-9-1-3-13-10(5-9)11(15)14-6-8-2-4-16-7-8/h1-5,7H,6H2,(H2,12,13)(H,14,15). The third kappa shape index (κ3) is 2.58. The molecule has 2 rings (SSSR count). The second-order valence-electron chi connectivity index (χ2n) is 3.29. The number of amides is 1. The summed E-state index contributed by atoms with van der Waals surface area (Å²) in [6.45, 7) is 0.513. The van der Waals surface area contributed by atoms with E-state index in [2.05, 4.69) is 10.3 Å². The maximum Gasteiger partial charge on any atom is 0.270 e. The average molecular weight is 233 g/mol. The van der Waals surface area contributed by atoms with E-state index in [1.165, 1.54) is 6.20 Å². The fourth-order valence-corrected chi connectivity index (χ4v) is 1.91. The molecule has 1 amide bonds. The van der Waals surface area contributed by atoms with E-state index >= 15 is 0 Å². The molecule has 0 radical (unpaired) electrons. The van der Waals surface area contributed by atoms with Crippen LogP contribution in [0.25, 0.3) is 0 Å². The van der Waals surface area contributed by atoms with Crippen LogP contribution in [0.2, 0.25) is 0 Å². The number of nitrogens with one attached hydrogen (secondary N) is 1. The van der Waals surface area contributed by atoms with Crippen molar-refractivity contribution in [3.8, 4) is 0 Å². The monoisotopic (exact) mass is 233 g/mol. The van der Waals surface area contributed by atoms with Crippen LogP contribution >= 0.6 is 11.3 Å². The first kappa shape index (κ1) is 10.6. The van der Waals surface area contributed by atoms with Crippen molar-refractivity contribution in [1.29, 1.82) is 0 Å². The van der Waals surface area contributed by atoms with E-state index in [0.29, 0.717) is 17.9 Å². The lowest BCUT2D eigenvalue weighted by atomic mass is 10.3. The van der Waals surface area contributed by atoms with Gasteiger partial charge in [0, 0.05) is 18.4 Å². The number of pyridine rings is 1. The molecule has 5 heteroatoms. The summed E-state index contributed by atoms with van der Waals surface area (Å²) >= 11 is 1.60. The summed E-state index contributed by atoms with van der Waals surface area (Å²) in [6.07, 6.45) is 1.52. The molecular weight excluding hydrogens is 222 g/mol. The average Bonchev–Trinajstić information content (AvgIpc) is 2.78. The Kier molecular flexibility index (Phi) is 3.16. The van der Waals surface area contributed by atoms with Crippen LogP contribution in [-0.4, -0.2) is 10.9 Å². The molecule has 4 nitrogen and oxygen atoms in total. The van der Waals surface area contributed by atoms with Crippen LogP contribution in [0.5, 0.6) is 0 Å². The van der Waals surface area contributed by atoms with Crippen molar-refractivity contribution in [2.75, 3.05) is 5.73 Å². The number of hydrogen-bond acceptors (Lipinski definition) is 4. The molecule has 0 spiro atoms. The summed E-state index contributed by atoms with van der Waals surface area (Å²) in [6, 6.07) is 5.18. The highest BCUT2D eigenvalue weighted by Crippen LogP contribution is 2.06. The van der Waals surface area contributed by atoms with E-state index in [4.69, 9.17) is 5.73 Å². The molecule has 2 aromatic rings. The minimum Gasteiger partial charge on any atom is -0.399 e. The van der Waals surface area contributed by atoms with Gasteiger partial charge < -0.3 is 11.1 Å². The Hall–Kier alpha value is -1.88. The van der Waals surface area contributed by atoms with Crippen molar-refractivity contribution >= 4 is 22.9 Å². The smallest absolute Gasteiger partial charge is 0.270 e. The fourth-order valence-electron chi connectivity index (χ4n) is 1.24. The van der Waals surface area contributed by atoms with Crippen LogP contribution in [0.15, 0.2) is 35.2 Å². The molecule has 0 aliphatic heterocycles. The van der Waals surface area contributed by atoms with Gasteiger partial charge in [-0.05, 0) is 34.5 Å². The highest BCUT2D eigenvalue weighted by Gasteiger charge is 2.06. The van der Waals surface area contributed by atoms with Gasteiger partial charge in [0.05, 0.1) is 0 Å². The highest BCUT2D eigenvalue weighted by atomic mass is 32.1. The zero-order valence-corrected chi connectivity index (χ0v) is 9.33. The summed E-state index contributed by atoms with van der Waals surface area (Å²) in [5, 5.41) is 6.74. The summed E-state index contributed by atoms with van der Waals surface area (Å²) in [5.74, 6) is -0.210. The number of nitrogens with zero attached hydrogens (tertiary/aromatic N) is 1. The lowest BCUT2D eigenvalue weighted by molar-refractivity contribution is 0.0946. The number of aromatic nitrogens is 1. The number of hydrogen-bond donors (Lipinski definition) is 2. The molecule has 82 valence electrons. The van der Waals surface area contributed by atoms with Crippen molar-refractivity contribution in [1.82, 2.24) is 10.3 Å². The molecule has 0 saturated heterocycles. The molecule has 0 aliphatic rings. The zero-order valence-electron chi connectivity index (χ0n) is 8.51. The Morgan fingerprint density at radius 1 is 1.50 bits per heavy atom. The van der Waals surface area contributed by atoms with Gasteiger partial charge >= 0.3 is 0 Å². The Morgan fingerprint density at radius 3 is 3.06 bits per heavy atom. The third-order valence-electron chi connectivity index (χ3n) is 2.05. The number of rotatable bonds is 3. The number of thiophene rings is 1. The number of carbonyl (C=O) groups is 1. The number of nitrogens with two attached hydrogens (primary N) is 1. The van der Waals surface area contributed by atoms with Gasteiger partial charge in [-0.25, -0.2) is 0 Å². The molecule has 0 aromatic carbocycles. The summed E-state index contributed by atoms with van der Waals surface area (Å²) in [4.78, 5) is 15.6. The second-order valence-corrected chi connectivity index (χ2v) is 4.07. The molecule has 2 aromatic heterocycles. The van der Waals surface area contributed by atoms with Crippen LogP contribution < -0.4 is 11.1 Å². The minimum atomic E-state index is -0.210. The van der Waals surface area contributed by atoms with Gasteiger partial charge in [0.2, 0.25) is 0 Å². The number of anilines is 1. The largest absolute Gasteiger partial charge is 0.399 e. The van der Waals surface area contributed by atoms with Crippen molar-refractivity contribution in [2.45, 2.75) is 6.54 Å². The first-order valence-corrected chi connectivity index (χ1v) is 5.71. The van der Waals surface area contributed by atoms with Crippen molar-refractivity contribution in [3.05, 3.63) is 46.4 Å². The maximum absolute atomic E-state index is 11.7. The summed E-state index contributed by atoms with van der Waals surface area (Å²) < 4.78 is 0. The zero-order chi connectivity index (χ0) is 11.4. The van der Waals surface area contributed by atoms with Crippen LogP contribution in [0.4, 0.5) is 5.69 Å². The Labute approximate surface area is 97.1 Å². The Bertz CT molecular complexity index is 482. The van der Waals surface area contributed by atoms with Crippen LogP contribution in [-0.2, 0) is 6.54 Å². The van der Waals surface area contributed by atoms with E-state index in [-0.39, 0.29) is 5.91 Å². The fraction of sp³-hybridized carbons (Fsp3) is 0.0909. The molecular formula is C11H11N3OS. The van der Waals surface area contributed by atoms with E-state index in [1.807, 2.05) is 16.8 Å². The molecule has 0 unspecified atom stereocenters. The normalized spacial score (nSPS) is 10.0. The topological polar surface area (TPSA) is 68.0 Å². The lowest BCUT2D eigenvalue weighted by Gasteiger charge is -2.03. The van der Waals surface area contributed by atoms with Gasteiger partial charge in [0.15, 0.2) is 0 Å². The quantitative estimate of drug-likeness (QED) is 0.847. The Balaban J connectivity index is 1.98. The first-order chi connectivity index (χ1) is 7.75.